The number of nitro benzene ring substituents is 1. The Balaban J connectivity index is 2.95. The van der Waals surface area contributed by atoms with Gasteiger partial charge in [0.2, 0.25) is 0 Å². The molecule has 20 heavy (non-hydrogen) atoms. The van der Waals surface area contributed by atoms with Crippen LogP contribution < -0.4 is 5.32 Å². The number of benzene rings is 1. The van der Waals surface area contributed by atoms with Gasteiger partial charge in [-0.25, -0.2) is 0 Å². The lowest BCUT2D eigenvalue weighted by atomic mass is 9.97. The van der Waals surface area contributed by atoms with Crippen molar-refractivity contribution in [3.63, 3.8) is 0 Å². The first-order chi connectivity index (χ1) is 9.12. The molecule has 0 heterocycles. The Morgan fingerprint density at radius 3 is 2.60 bits per heavy atom. The molecule has 1 rings (SSSR count). The predicted octanol–water partition coefficient (Wildman–Crippen LogP) is 3.61. The van der Waals surface area contributed by atoms with Crippen molar-refractivity contribution in [2.24, 2.45) is 0 Å². The molecule has 0 aromatic heterocycles. The molecular formula is C13H17ClN2O4. The minimum atomic E-state index is -0.863. The van der Waals surface area contributed by atoms with Gasteiger partial charge in [0.25, 0.3) is 5.69 Å². The molecule has 0 aliphatic heterocycles. The van der Waals surface area contributed by atoms with Crippen LogP contribution in [0.5, 0.6) is 0 Å². The summed E-state index contributed by atoms with van der Waals surface area (Å²) in [5, 5.41) is 22.7. The molecule has 2 N–H and O–H groups in total. The largest absolute Gasteiger partial charge is 0.481 e. The predicted molar refractivity (Wildman–Crippen MR) is 77.4 cm³/mol. The van der Waals surface area contributed by atoms with Crippen molar-refractivity contribution < 1.29 is 14.8 Å². The Morgan fingerprint density at radius 1 is 1.50 bits per heavy atom. The fraction of sp³-hybridized carbons (Fsp3) is 0.462. The Labute approximate surface area is 121 Å². The highest BCUT2D eigenvalue weighted by atomic mass is 35.5. The fourth-order valence-electron chi connectivity index (χ4n) is 1.79. The minimum Gasteiger partial charge on any atom is -0.481 e. The molecule has 0 amide bonds. The maximum atomic E-state index is 10.8. The van der Waals surface area contributed by atoms with Gasteiger partial charge >= 0.3 is 5.97 Å². The second-order valence-corrected chi connectivity index (χ2v) is 5.69. The van der Waals surface area contributed by atoms with Crippen LogP contribution in [0.4, 0.5) is 11.4 Å². The van der Waals surface area contributed by atoms with Gasteiger partial charge in [0, 0.05) is 23.7 Å². The van der Waals surface area contributed by atoms with Gasteiger partial charge < -0.3 is 10.4 Å². The van der Waals surface area contributed by atoms with Crippen molar-refractivity contribution in [1.82, 2.24) is 0 Å². The summed E-state index contributed by atoms with van der Waals surface area (Å²) in [5.41, 5.74) is 0.751. The number of nitrogens with one attached hydrogen (secondary N) is 1. The van der Waals surface area contributed by atoms with Gasteiger partial charge in [0.1, 0.15) is 5.02 Å². The molecule has 0 unspecified atom stereocenters. The second kappa shape index (κ2) is 6.09. The van der Waals surface area contributed by atoms with Crippen molar-refractivity contribution in [2.75, 3.05) is 5.32 Å². The first kappa shape index (κ1) is 16.2. The number of anilines is 1. The maximum Gasteiger partial charge on any atom is 0.303 e. The van der Waals surface area contributed by atoms with E-state index in [9.17, 15) is 14.9 Å². The number of hydrogen-bond acceptors (Lipinski definition) is 4. The van der Waals surface area contributed by atoms with Gasteiger partial charge in [-0.1, -0.05) is 11.6 Å². The van der Waals surface area contributed by atoms with Gasteiger partial charge in [-0.05, 0) is 38.8 Å². The van der Waals surface area contributed by atoms with Crippen LogP contribution in [-0.4, -0.2) is 21.5 Å². The van der Waals surface area contributed by atoms with Crippen LogP contribution in [0.1, 0.15) is 32.3 Å². The Morgan fingerprint density at radius 2 is 2.10 bits per heavy atom. The molecule has 0 radical (unpaired) electrons. The van der Waals surface area contributed by atoms with E-state index in [1.165, 1.54) is 12.1 Å². The summed E-state index contributed by atoms with van der Waals surface area (Å²) in [6.07, 6.45) is 0.468. The Kier molecular flexibility index (Phi) is 4.94. The van der Waals surface area contributed by atoms with E-state index >= 15 is 0 Å². The van der Waals surface area contributed by atoms with Crippen LogP contribution in [0.15, 0.2) is 12.1 Å². The lowest BCUT2D eigenvalue weighted by Gasteiger charge is -2.28. The zero-order chi connectivity index (χ0) is 15.5. The molecule has 0 atom stereocenters. The molecule has 0 aliphatic carbocycles. The van der Waals surface area contributed by atoms with Crippen molar-refractivity contribution >= 4 is 28.9 Å². The van der Waals surface area contributed by atoms with E-state index in [-0.39, 0.29) is 17.1 Å². The van der Waals surface area contributed by atoms with Crippen LogP contribution in [0.2, 0.25) is 5.02 Å². The topological polar surface area (TPSA) is 92.5 Å². The first-order valence-electron chi connectivity index (χ1n) is 6.07. The van der Waals surface area contributed by atoms with Gasteiger partial charge in [0.15, 0.2) is 0 Å². The molecular weight excluding hydrogens is 284 g/mol. The fourth-order valence-corrected chi connectivity index (χ4v) is 2.02. The van der Waals surface area contributed by atoms with Gasteiger partial charge in [0.05, 0.1) is 4.92 Å². The zero-order valence-corrected chi connectivity index (χ0v) is 12.3. The Hall–Kier alpha value is -1.82. The van der Waals surface area contributed by atoms with Crippen LogP contribution in [0, 0.1) is 17.0 Å². The van der Waals surface area contributed by atoms with Crippen molar-refractivity contribution in [3.05, 3.63) is 32.8 Å². The molecule has 0 aliphatic rings. The highest BCUT2D eigenvalue weighted by Gasteiger charge is 2.22. The number of halogens is 1. The summed E-state index contributed by atoms with van der Waals surface area (Å²) in [6, 6.07) is 2.90. The average Bonchev–Trinajstić information content (AvgIpc) is 2.30. The molecule has 110 valence electrons. The molecule has 0 spiro atoms. The molecule has 1 aromatic carbocycles. The van der Waals surface area contributed by atoms with E-state index in [0.717, 1.165) is 0 Å². The van der Waals surface area contributed by atoms with Crippen LogP contribution in [-0.2, 0) is 4.79 Å². The molecule has 1 aromatic rings. The normalized spacial score (nSPS) is 11.2. The number of aryl methyl sites for hydroxylation is 1. The summed E-state index contributed by atoms with van der Waals surface area (Å²) in [4.78, 5) is 20.9. The zero-order valence-electron chi connectivity index (χ0n) is 11.6. The Bertz CT molecular complexity index is 543. The molecule has 7 heteroatoms. The molecule has 0 bridgehead atoms. The summed E-state index contributed by atoms with van der Waals surface area (Å²) in [7, 11) is 0. The van der Waals surface area contributed by atoms with E-state index in [4.69, 9.17) is 16.7 Å². The first-order valence-corrected chi connectivity index (χ1v) is 6.45. The van der Waals surface area contributed by atoms with Gasteiger partial charge in [-0.15, -0.1) is 0 Å². The number of carbonyl (C=O) groups is 1. The third-order valence-electron chi connectivity index (χ3n) is 2.93. The standard InChI is InChI=1S/C13H17ClN2O4/c1-8-6-11(16(19)20)9(14)7-10(8)15-13(2,3)5-4-12(17)18/h6-7,15H,4-5H2,1-3H3,(H,17,18). The summed E-state index contributed by atoms with van der Waals surface area (Å²) in [6.45, 7) is 5.47. The average molecular weight is 301 g/mol. The number of nitro groups is 1. The third kappa shape index (κ3) is 4.38. The SMILES string of the molecule is Cc1cc([N+](=O)[O-])c(Cl)cc1NC(C)(C)CCC(=O)O. The van der Waals surface area contributed by atoms with Gasteiger partial charge in [-0.3, -0.25) is 14.9 Å². The summed E-state index contributed by atoms with van der Waals surface area (Å²) >= 11 is 5.88. The van der Waals surface area contributed by atoms with Crippen molar-refractivity contribution in [3.8, 4) is 0 Å². The number of carboxylic acid groups (broad SMARTS) is 1. The van der Waals surface area contributed by atoms with E-state index in [1.807, 2.05) is 13.8 Å². The number of rotatable bonds is 6. The van der Waals surface area contributed by atoms with E-state index in [1.54, 1.807) is 6.92 Å². The quantitative estimate of drug-likeness (QED) is 0.618. The van der Waals surface area contributed by atoms with Gasteiger partial charge in [-0.2, -0.15) is 0 Å². The minimum absolute atomic E-state index is 0.0414. The lowest BCUT2D eigenvalue weighted by Crippen LogP contribution is -2.31. The maximum absolute atomic E-state index is 10.8. The summed E-state index contributed by atoms with van der Waals surface area (Å²) < 4.78 is 0. The van der Waals surface area contributed by atoms with Crippen LogP contribution in [0.3, 0.4) is 0 Å². The number of aliphatic carboxylic acids is 1. The van der Waals surface area contributed by atoms with E-state index in [2.05, 4.69) is 5.32 Å². The summed E-state index contributed by atoms with van der Waals surface area (Å²) in [5.74, 6) is -0.863. The molecule has 0 saturated heterocycles. The monoisotopic (exact) mass is 300 g/mol. The van der Waals surface area contributed by atoms with E-state index < -0.39 is 16.4 Å². The third-order valence-corrected chi connectivity index (χ3v) is 3.23. The van der Waals surface area contributed by atoms with Crippen LogP contribution >= 0.6 is 11.6 Å². The van der Waals surface area contributed by atoms with E-state index in [0.29, 0.717) is 17.7 Å². The number of hydrogen-bond donors (Lipinski definition) is 2. The number of nitrogens with zero attached hydrogens (tertiary/aromatic N) is 1. The highest BCUT2D eigenvalue weighted by molar-refractivity contribution is 6.33. The highest BCUT2D eigenvalue weighted by Crippen LogP contribution is 2.32. The molecule has 0 fully saturated rings. The molecule has 0 saturated carbocycles. The smallest absolute Gasteiger partial charge is 0.303 e. The van der Waals surface area contributed by atoms with Crippen molar-refractivity contribution in [2.45, 2.75) is 39.2 Å². The second-order valence-electron chi connectivity index (χ2n) is 5.28. The van der Waals surface area contributed by atoms with Crippen LogP contribution in [0.25, 0.3) is 0 Å². The lowest BCUT2D eigenvalue weighted by molar-refractivity contribution is -0.384. The molecule has 6 nitrogen and oxygen atoms in total. The number of carboxylic acids is 1. The van der Waals surface area contributed by atoms with Crippen molar-refractivity contribution in [1.29, 1.82) is 0 Å².